The number of anilines is 3. The topological polar surface area (TPSA) is 73.0 Å². The van der Waals surface area contributed by atoms with Crippen LogP contribution in [0.1, 0.15) is 19.4 Å². The Bertz CT molecular complexity index is 1420. The molecule has 2 amide bonds. The minimum absolute atomic E-state index is 0.351. The molecular formula is C24H20F3N5O. The van der Waals surface area contributed by atoms with Crippen LogP contribution in [0.5, 0.6) is 0 Å². The molecule has 1 aliphatic rings. The van der Waals surface area contributed by atoms with E-state index in [1.807, 2.05) is 0 Å². The molecule has 9 heteroatoms. The first-order valence-corrected chi connectivity index (χ1v) is 10.2. The van der Waals surface area contributed by atoms with Gasteiger partial charge in [-0.25, -0.2) is 9.78 Å². The van der Waals surface area contributed by atoms with Gasteiger partial charge < -0.3 is 20.5 Å². The number of fused-ring (bicyclic) bond motifs is 2. The second kappa shape index (κ2) is 8.16. The van der Waals surface area contributed by atoms with Gasteiger partial charge in [0.25, 0.3) is 0 Å². The number of alkyl halides is 3. The molecule has 0 unspecified atom stereocenters. The van der Waals surface area contributed by atoms with Gasteiger partial charge in [-0.15, -0.1) is 0 Å². The number of halogens is 3. The Labute approximate surface area is 190 Å². The van der Waals surface area contributed by atoms with Crippen molar-refractivity contribution in [2.24, 2.45) is 0 Å². The van der Waals surface area contributed by atoms with Crippen LogP contribution in [-0.4, -0.2) is 22.5 Å². The number of pyridine rings is 1. The first kappa shape index (κ1) is 18.6. The molecular weight excluding hydrogens is 431 g/mol. The second-order valence-corrected chi connectivity index (χ2v) is 7.54. The van der Waals surface area contributed by atoms with Crippen LogP contribution in [0, 0.1) is 0 Å². The Hall–Kier alpha value is -4.01. The van der Waals surface area contributed by atoms with Gasteiger partial charge in [-0.3, -0.25) is 0 Å². The zero-order valence-corrected chi connectivity index (χ0v) is 17.2. The van der Waals surface area contributed by atoms with Crippen LogP contribution in [0.15, 0.2) is 67.0 Å². The molecule has 0 saturated carbocycles. The lowest BCUT2D eigenvalue weighted by Gasteiger charge is -2.20. The van der Waals surface area contributed by atoms with Crippen molar-refractivity contribution < 1.29 is 20.7 Å². The van der Waals surface area contributed by atoms with Crippen molar-refractivity contribution in [3.63, 3.8) is 0 Å². The van der Waals surface area contributed by atoms with Crippen LogP contribution in [-0.2, 0) is 19.1 Å². The number of urea groups is 1. The highest BCUT2D eigenvalue weighted by molar-refractivity contribution is 6.01. The lowest BCUT2D eigenvalue weighted by Crippen LogP contribution is -2.22. The highest BCUT2D eigenvalue weighted by Gasteiger charge is 2.33. The number of rotatable bonds is 4. The molecule has 0 aliphatic carbocycles. The number of H-pyrrole nitrogens is 1. The predicted octanol–water partition coefficient (Wildman–Crippen LogP) is 5.79. The number of amides is 2. The standard InChI is InChI=1S/C24H20F3N5O/c25-24(26,27)18-6-1-2-7-20(18)31-23(33)30-19-8-3-9-21-17(19)10-12-32(21)14-15-13-29-22-16(15)5-4-11-28-22/h1-9,11,13H,10,12,14H2,(H,28,29)(H2,30,31,33)/i14D2. The monoisotopic (exact) mass is 453 g/mol. The summed E-state index contributed by atoms with van der Waals surface area (Å²) < 4.78 is 57.5. The van der Waals surface area contributed by atoms with Gasteiger partial charge in [-0.05, 0) is 48.4 Å². The number of benzene rings is 2. The van der Waals surface area contributed by atoms with E-state index in [9.17, 15) is 18.0 Å². The number of hydrogen-bond donors (Lipinski definition) is 3. The molecule has 5 rings (SSSR count). The molecule has 0 atom stereocenters. The van der Waals surface area contributed by atoms with Gasteiger partial charge in [0.05, 0.1) is 14.0 Å². The summed E-state index contributed by atoms with van der Waals surface area (Å²) >= 11 is 0. The zero-order valence-electron chi connectivity index (χ0n) is 19.2. The van der Waals surface area contributed by atoms with Gasteiger partial charge in [0.1, 0.15) is 5.65 Å². The lowest BCUT2D eigenvalue weighted by atomic mass is 10.1. The fourth-order valence-electron chi connectivity index (χ4n) is 3.98. The Kier molecular flexibility index (Phi) is 4.59. The Morgan fingerprint density at radius 3 is 2.73 bits per heavy atom. The molecule has 0 spiro atoms. The van der Waals surface area contributed by atoms with E-state index in [0.29, 0.717) is 46.5 Å². The fraction of sp³-hybridized carbons (Fsp3) is 0.167. The maximum atomic E-state index is 13.3. The van der Waals surface area contributed by atoms with Crippen molar-refractivity contribution in [3.8, 4) is 0 Å². The third-order valence-corrected chi connectivity index (χ3v) is 5.46. The quantitative estimate of drug-likeness (QED) is 0.366. The van der Waals surface area contributed by atoms with Gasteiger partial charge in [0, 0.05) is 47.8 Å². The maximum Gasteiger partial charge on any atom is 0.418 e. The van der Waals surface area contributed by atoms with Crippen molar-refractivity contribution in [2.45, 2.75) is 19.1 Å². The average Bonchev–Trinajstić information content (AvgIpc) is 3.44. The summed E-state index contributed by atoms with van der Waals surface area (Å²) in [6.45, 7) is -1.52. The van der Waals surface area contributed by atoms with Crippen molar-refractivity contribution >= 4 is 34.1 Å². The van der Waals surface area contributed by atoms with E-state index in [4.69, 9.17) is 2.74 Å². The Morgan fingerprint density at radius 2 is 1.88 bits per heavy atom. The van der Waals surface area contributed by atoms with Crippen LogP contribution in [0.3, 0.4) is 0 Å². The van der Waals surface area contributed by atoms with E-state index in [1.54, 1.807) is 47.6 Å². The predicted molar refractivity (Wildman–Crippen MR) is 121 cm³/mol. The van der Waals surface area contributed by atoms with E-state index < -0.39 is 24.3 Å². The highest BCUT2D eigenvalue weighted by Crippen LogP contribution is 2.36. The number of nitrogens with zero attached hydrogens (tertiary/aromatic N) is 2. The van der Waals surface area contributed by atoms with Gasteiger partial charge in [0.15, 0.2) is 0 Å². The highest BCUT2D eigenvalue weighted by atomic mass is 19.4. The largest absolute Gasteiger partial charge is 0.418 e. The maximum absolute atomic E-state index is 13.3. The van der Waals surface area contributed by atoms with Crippen LogP contribution < -0.4 is 15.5 Å². The summed E-state index contributed by atoms with van der Waals surface area (Å²) in [6.07, 6.45) is -0.935. The molecule has 0 saturated heterocycles. The first-order valence-electron chi connectivity index (χ1n) is 11.2. The molecule has 1 aliphatic heterocycles. The van der Waals surface area contributed by atoms with E-state index in [2.05, 4.69) is 20.6 Å². The van der Waals surface area contributed by atoms with Crippen LogP contribution in [0.2, 0.25) is 0 Å². The average molecular weight is 453 g/mol. The van der Waals surface area contributed by atoms with E-state index >= 15 is 0 Å². The summed E-state index contributed by atoms with van der Waals surface area (Å²) in [5.74, 6) is 0. The second-order valence-electron chi connectivity index (χ2n) is 7.54. The Balaban J connectivity index is 1.41. The number of aromatic amines is 1. The molecule has 0 radical (unpaired) electrons. The molecule has 3 heterocycles. The summed E-state index contributed by atoms with van der Waals surface area (Å²) in [4.78, 5) is 21.4. The third-order valence-electron chi connectivity index (χ3n) is 5.46. The van der Waals surface area contributed by atoms with Crippen molar-refractivity contribution in [3.05, 3.63) is 83.7 Å². The van der Waals surface area contributed by atoms with E-state index in [0.717, 1.165) is 6.07 Å². The molecule has 6 nitrogen and oxygen atoms in total. The number of aromatic nitrogens is 2. The molecule has 2 aromatic carbocycles. The minimum Gasteiger partial charge on any atom is -0.367 e. The summed E-state index contributed by atoms with van der Waals surface area (Å²) in [5.41, 5.74) is 1.43. The molecule has 0 bridgehead atoms. The molecule has 0 fully saturated rings. The first-order chi connectivity index (χ1) is 16.7. The number of carbonyl (C=O) groups is 1. The Morgan fingerprint density at radius 1 is 1.09 bits per heavy atom. The van der Waals surface area contributed by atoms with Crippen LogP contribution >= 0.6 is 0 Å². The van der Waals surface area contributed by atoms with Gasteiger partial charge >= 0.3 is 12.2 Å². The molecule has 3 N–H and O–H groups in total. The van der Waals surface area contributed by atoms with E-state index in [1.165, 1.54) is 18.2 Å². The third kappa shape index (κ3) is 4.09. The zero-order chi connectivity index (χ0) is 24.8. The van der Waals surface area contributed by atoms with E-state index in [-0.39, 0.29) is 5.69 Å². The van der Waals surface area contributed by atoms with Crippen molar-refractivity contribution in [1.82, 2.24) is 9.97 Å². The minimum atomic E-state index is -4.61. The number of para-hydroxylation sites is 1. The SMILES string of the molecule is [2H]C([2H])(c1c[nH]c2ncccc12)N1CCc2c(NC(=O)Nc3ccccc3C(F)(F)F)cccc21. The lowest BCUT2D eigenvalue weighted by molar-refractivity contribution is -0.136. The van der Waals surface area contributed by atoms with Gasteiger partial charge in [-0.2, -0.15) is 13.2 Å². The summed E-state index contributed by atoms with van der Waals surface area (Å²) in [6, 6.07) is 12.5. The van der Waals surface area contributed by atoms with Crippen LogP contribution in [0.25, 0.3) is 11.0 Å². The van der Waals surface area contributed by atoms with Gasteiger partial charge in [-0.1, -0.05) is 18.2 Å². The molecule has 168 valence electrons. The number of nitrogens with one attached hydrogen (secondary N) is 3. The van der Waals surface area contributed by atoms with Crippen molar-refractivity contribution in [2.75, 3.05) is 22.1 Å². The van der Waals surface area contributed by atoms with Gasteiger partial charge in [0.2, 0.25) is 0 Å². The van der Waals surface area contributed by atoms with Crippen LogP contribution in [0.4, 0.5) is 35.0 Å². The molecule has 4 aromatic rings. The molecule has 33 heavy (non-hydrogen) atoms. The van der Waals surface area contributed by atoms with Crippen molar-refractivity contribution in [1.29, 1.82) is 0 Å². The summed E-state index contributed by atoms with van der Waals surface area (Å²) in [7, 11) is 0. The number of hydrogen-bond acceptors (Lipinski definition) is 3. The normalized spacial score (nSPS) is 14.6. The molecule has 2 aromatic heterocycles. The number of carbonyl (C=O) groups excluding carboxylic acids is 1. The fourth-order valence-corrected chi connectivity index (χ4v) is 3.98. The smallest absolute Gasteiger partial charge is 0.367 e. The summed E-state index contributed by atoms with van der Waals surface area (Å²) in [5, 5.41) is 5.56.